The molecule has 4 rings (SSSR count). The van der Waals surface area contributed by atoms with Crippen molar-refractivity contribution in [3.8, 4) is 0 Å². The van der Waals surface area contributed by atoms with Crippen molar-refractivity contribution in [2.75, 3.05) is 31.1 Å². The predicted octanol–water partition coefficient (Wildman–Crippen LogP) is 2.99. The molecule has 2 aliphatic heterocycles. The highest BCUT2D eigenvalue weighted by Crippen LogP contribution is 2.42. The van der Waals surface area contributed by atoms with Gasteiger partial charge >= 0.3 is 12.1 Å². The van der Waals surface area contributed by atoms with Gasteiger partial charge in [0.25, 0.3) is 5.91 Å². The van der Waals surface area contributed by atoms with Crippen LogP contribution in [0.5, 0.6) is 0 Å². The van der Waals surface area contributed by atoms with Crippen LogP contribution in [0, 0.1) is 0 Å². The van der Waals surface area contributed by atoms with Gasteiger partial charge in [-0.05, 0) is 36.1 Å². The SMILES string of the molecule is C[C@@H]1CN(C(OC(=O)C(F)(F)F)C(=O)N2CC(C)(C)c3ccc(Cc4ccccc4)cc32)[C@@H](CO)CN1. The third-order valence-electron chi connectivity index (χ3n) is 6.98. The zero-order valence-corrected chi connectivity index (χ0v) is 21.1. The van der Waals surface area contributed by atoms with E-state index in [0.29, 0.717) is 12.1 Å². The van der Waals surface area contributed by atoms with E-state index >= 15 is 0 Å². The van der Waals surface area contributed by atoms with Crippen LogP contribution in [0.3, 0.4) is 0 Å². The van der Waals surface area contributed by atoms with E-state index in [1.54, 1.807) is 6.92 Å². The summed E-state index contributed by atoms with van der Waals surface area (Å²) in [6, 6.07) is 14.7. The average molecular weight is 520 g/mol. The summed E-state index contributed by atoms with van der Waals surface area (Å²) in [6.07, 6.45) is -6.49. The van der Waals surface area contributed by atoms with Crippen LogP contribution in [0.25, 0.3) is 0 Å². The number of halogens is 3. The van der Waals surface area contributed by atoms with E-state index in [9.17, 15) is 27.9 Å². The summed E-state index contributed by atoms with van der Waals surface area (Å²) >= 11 is 0. The lowest BCUT2D eigenvalue weighted by Crippen LogP contribution is -2.64. The van der Waals surface area contributed by atoms with Crippen molar-refractivity contribution in [3.05, 3.63) is 65.2 Å². The number of alkyl halides is 3. The minimum Gasteiger partial charge on any atom is -0.430 e. The number of ether oxygens (including phenoxy) is 1. The van der Waals surface area contributed by atoms with Gasteiger partial charge in [-0.3, -0.25) is 9.69 Å². The molecular weight excluding hydrogens is 487 g/mol. The van der Waals surface area contributed by atoms with Gasteiger partial charge in [0.2, 0.25) is 6.23 Å². The molecule has 0 saturated carbocycles. The van der Waals surface area contributed by atoms with E-state index in [-0.39, 0.29) is 25.7 Å². The maximum absolute atomic E-state index is 13.9. The van der Waals surface area contributed by atoms with Crippen LogP contribution in [-0.4, -0.2) is 72.6 Å². The van der Waals surface area contributed by atoms with Gasteiger partial charge < -0.3 is 20.1 Å². The van der Waals surface area contributed by atoms with Crippen LogP contribution >= 0.6 is 0 Å². The van der Waals surface area contributed by atoms with Gasteiger partial charge in [0, 0.05) is 42.8 Å². The lowest BCUT2D eigenvalue weighted by Gasteiger charge is -2.42. The Morgan fingerprint density at radius 1 is 1.16 bits per heavy atom. The molecule has 3 atom stereocenters. The fourth-order valence-electron chi connectivity index (χ4n) is 5.08. The van der Waals surface area contributed by atoms with E-state index in [2.05, 4.69) is 5.32 Å². The molecule has 0 aromatic heterocycles. The van der Waals surface area contributed by atoms with Crippen molar-refractivity contribution in [1.82, 2.24) is 10.2 Å². The molecule has 1 saturated heterocycles. The number of rotatable bonds is 6. The van der Waals surface area contributed by atoms with Gasteiger partial charge in [-0.1, -0.05) is 56.3 Å². The number of carbonyl (C=O) groups excluding carboxylic acids is 2. The van der Waals surface area contributed by atoms with Crippen LogP contribution < -0.4 is 10.2 Å². The lowest BCUT2D eigenvalue weighted by atomic mass is 9.86. The molecule has 0 bridgehead atoms. The number of nitrogens with zero attached hydrogens (tertiary/aromatic N) is 2. The highest BCUT2D eigenvalue weighted by atomic mass is 19.4. The molecule has 2 aromatic rings. The van der Waals surface area contributed by atoms with E-state index in [1.807, 2.05) is 62.4 Å². The molecular formula is C27H32F3N3O4. The summed E-state index contributed by atoms with van der Waals surface area (Å²) in [4.78, 5) is 28.6. The number of nitrogens with one attached hydrogen (secondary N) is 1. The van der Waals surface area contributed by atoms with Gasteiger partial charge in [-0.2, -0.15) is 13.2 Å². The number of anilines is 1. The van der Waals surface area contributed by atoms with E-state index < -0.39 is 42.3 Å². The Bertz CT molecular complexity index is 1140. The molecule has 0 spiro atoms. The maximum atomic E-state index is 13.9. The molecule has 7 nitrogen and oxygen atoms in total. The number of fused-ring (bicyclic) bond motifs is 1. The van der Waals surface area contributed by atoms with Gasteiger partial charge in [-0.25, -0.2) is 4.79 Å². The van der Waals surface area contributed by atoms with Gasteiger partial charge in [-0.15, -0.1) is 0 Å². The summed E-state index contributed by atoms with van der Waals surface area (Å²) in [5.41, 5.74) is 3.01. The first-order valence-corrected chi connectivity index (χ1v) is 12.3. The fourth-order valence-corrected chi connectivity index (χ4v) is 5.08. The van der Waals surface area contributed by atoms with Crippen LogP contribution in [0.2, 0.25) is 0 Å². The Labute approximate surface area is 214 Å². The first-order chi connectivity index (χ1) is 17.4. The molecule has 2 aromatic carbocycles. The number of benzene rings is 2. The minimum atomic E-state index is -5.27. The first-order valence-electron chi connectivity index (χ1n) is 12.3. The predicted molar refractivity (Wildman–Crippen MR) is 132 cm³/mol. The number of aliphatic hydroxyl groups is 1. The smallest absolute Gasteiger partial charge is 0.430 e. The molecule has 1 fully saturated rings. The van der Waals surface area contributed by atoms with Crippen molar-refractivity contribution in [2.24, 2.45) is 0 Å². The Hall–Kier alpha value is -2.95. The lowest BCUT2D eigenvalue weighted by molar-refractivity contribution is -0.215. The molecule has 200 valence electrons. The monoisotopic (exact) mass is 519 g/mol. The zero-order valence-electron chi connectivity index (χ0n) is 21.1. The number of carbonyl (C=O) groups is 2. The molecule has 2 N–H and O–H groups in total. The third-order valence-corrected chi connectivity index (χ3v) is 6.98. The summed E-state index contributed by atoms with van der Waals surface area (Å²) < 4.78 is 44.5. The van der Waals surface area contributed by atoms with Crippen LogP contribution in [0.15, 0.2) is 48.5 Å². The highest BCUT2D eigenvalue weighted by molar-refractivity contribution is 6.00. The van der Waals surface area contributed by atoms with Gasteiger partial charge in [0.1, 0.15) is 0 Å². The molecule has 10 heteroatoms. The molecule has 0 aliphatic carbocycles. The number of esters is 1. The van der Waals surface area contributed by atoms with Crippen LogP contribution in [0.1, 0.15) is 37.5 Å². The van der Waals surface area contributed by atoms with E-state index in [1.165, 1.54) is 9.80 Å². The fraction of sp³-hybridized carbons (Fsp3) is 0.481. The van der Waals surface area contributed by atoms with Crippen molar-refractivity contribution in [1.29, 1.82) is 0 Å². The second-order valence-electron chi connectivity index (χ2n) is 10.4. The van der Waals surface area contributed by atoms with Gasteiger partial charge in [0.15, 0.2) is 0 Å². The standard InChI is InChI=1S/C27H32F3N3O4/c1-17-14-32(20(15-34)13-31-17)24(37-25(36)27(28,29)30)23(35)33-16-26(2,3)21-10-9-19(12-22(21)33)11-18-7-5-4-6-8-18/h4-10,12,17,20,24,31,34H,11,13-16H2,1-3H3/t17-,20-,24?/m1/s1. The second kappa shape index (κ2) is 10.4. The van der Waals surface area contributed by atoms with Crippen molar-refractivity contribution in [3.63, 3.8) is 0 Å². The van der Waals surface area contributed by atoms with Crippen molar-refractivity contribution in [2.45, 2.75) is 57.1 Å². The number of hydrogen-bond acceptors (Lipinski definition) is 6. The molecule has 0 radical (unpaired) electrons. The Morgan fingerprint density at radius 2 is 1.86 bits per heavy atom. The van der Waals surface area contributed by atoms with Crippen molar-refractivity contribution >= 4 is 17.6 Å². The van der Waals surface area contributed by atoms with E-state index in [4.69, 9.17) is 4.74 Å². The Balaban J connectivity index is 1.70. The molecule has 37 heavy (non-hydrogen) atoms. The number of amides is 1. The second-order valence-corrected chi connectivity index (χ2v) is 10.4. The topological polar surface area (TPSA) is 82.1 Å². The first kappa shape index (κ1) is 27.1. The molecule has 1 amide bonds. The Kier molecular flexibility index (Phi) is 7.64. The molecule has 2 heterocycles. The molecule has 2 aliphatic rings. The number of hydrogen-bond donors (Lipinski definition) is 2. The summed E-state index contributed by atoms with van der Waals surface area (Å²) in [5, 5.41) is 13.0. The summed E-state index contributed by atoms with van der Waals surface area (Å²) in [7, 11) is 0. The number of piperazine rings is 1. The van der Waals surface area contributed by atoms with Crippen LogP contribution in [0.4, 0.5) is 18.9 Å². The summed E-state index contributed by atoms with van der Waals surface area (Å²) in [6.45, 7) is 5.85. The highest BCUT2D eigenvalue weighted by Gasteiger charge is 2.49. The molecule has 1 unspecified atom stereocenters. The third kappa shape index (κ3) is 5.81. The Morgan fingerprint density at radius 3 is 2.51 bits per heavy atom. The van der Waals surface area contributed by atoms with Crippen LogP contribution in [-0.2, 0) is 26.2 Å². The quantitative estimate of drug-likeness (QED) is 0.572. The largest absolute Gasteiger partial charge is 0.490 e. The normalized spacial score (nSPS) is 22.4. The minimum absolute atomic E-state index is 0.116. The van der Waals surface area contributed by atoms with Crippen molar-refractivity contribution < 1.29 is 32.6 Å². The van der Waals surface area contributed by atoms with E-state index in [0.717, 1.165) is 16.7 Å². The summed E-state index contributed by atoms with van der Waals surface area (Å²) in [5.74, 6) is -3.21. The van der Waals surface area contributed by atoms with Gasteiger partial charge in [0.05, 0.1) is 6.61 Å². The average Bonchev–Trinajstić information content (AvgIpc) is 3.12. The number of aliphatic hydroxyl groups excluding tert-OH is 1. The zero-order chi connectivity index (χ0) is 27.0. The maximum Gasteiger partial charge on any atom is 0.490 e.